The van der Waals surface area contributed by atoms with E-state index in [2.05, 4.69) is 160 Å². The Hall–Kier alpha value is -6.15. The van der Waals surface area contributed by atoms with Crippen LogP contribution in [0.3, 0.4) is 0 Å². The van der Waals surface area contributed by atoms with Crippen LogP contribution in [0.15, 0.2) is 164 Å². The van der Waals surface area contributed by atoms with Gasteiger partial charge in [0.2, 0.25) is 0 Å². The van der Waals surface area contributed by atoms with Crippen LogP contribution in [-0.4, -0.2) is 28.1 Å². The van der Waals surface area contributed by atoms with E-state index in [1.165, 1.54) is 0 Å². The molecular weight excluding hydrogens is 605 g/mol. The number of Topliss-reactive ketones (excluding diaryl/α,β-unsaturated/α-hetero) is 1. The number of fused-ring (bicyclic) bond motifs is 3. The van der Waals surface area contributed by atoms with Crippen LogP contribution in [0.5, 0.6) is 0 Å². The second-order valence-corrected chi connectivity index (χ2v) is 11.5. The summed E-state index contributed by atoms with van der Waals surface area (Å²) in [5.41, 5.74) is 8.56. The van der Waals surface area contributed by atoms with Crippen molar-refractivity contribution in [1.82, 2.24) is 4.57 Å². The van der Waals surface area contributed by atoms with E-state index in [9.17, 15) is 4.79 Å². The largest absolute Gasteiger partial charge is 0.482 e. The van der Waals surface area contributed by atoms with Gasteiger partial charge in [-0.15, -0.1) is 0 Å². The lowest BCUT2D eigenvalue weighted by Gasteiger charge is -2.26. The summed E-state index contributed by atoms with van der Waals surface area (Å²) in [5, 5.41) is 17.1. The summed E-state index contributed by atoms with van der Waals surface area (Å²) < 4.78 is 2.28. The molecule has 49 heavy (non-hydrogen) atoms. The third-order valence-electron chi connectivity index (χ3n) is 8.51. The van der Waals surface area contributed by atoms with Gasteiger partial charge < -0.3 is 24.4 Å². The Kier molecular flexibility index (Phi) is 9.19. The molecule has 0 spiro atoms. The highest BCUT2D eigenvalue weighted by atomic mass is 16.4. The third kappa shape index (κ3) is 6.41. The molecule has 6 nitrogen and oxygen atoms in total. The molecule has 1 heterocycles. The Bertz CT molecular complexity index is 2230. The molecule has 0 bridgehead atoms. The van der Waals surface area contributed by atoms with Crippen molar-refractivity contribution in [2.45, 2.75) is 6.42 Å². The number of hydrogen-bond acceptors (Lipinski definition) is 5. The van der Waals surface area contributed by atoms with E-state index < -0.39 is 0 Å². The molecule has 0 saturated carbocycles. The van der Waals surface area contributed by atoms with Gasteiger partial charge in [0.05, 0.1) is 10.9 Å². The molecule has 0 fully saturated rings. The van der Waals surface area contributed by atoms with E-state index in [1.807, 2.05) is 30.3 Å². The van der Waals surface area contributed by atoms with Crippen LogP contribution in [0.2, 0.25) is 0 Å². The SMILES string of the molecule is O=C1C=c2c(n(-c3ccc(N(c4ccccc4)c4ccccc4)cc3)c3ccc(N(c4ccccc4)c4ccccc4)cc23)=CC1.O[B]O. The van der Waals surface area contributed by atoms with Crippen molar-refractivity contribution in [2.75, 3.05) is 9.80 Å². The van der Waals surface area contributed by atoms with Crippen LogP contribution in [0.4, 0.5) is 34.1 Å². The summed E-state index contributed by atoms with van der Waals surface area (Å²) in [4.78, 5) is 17.3. The molecular formula is C42H33BN3O3. The van der Waals surface area contributed by atoms with Gasteiger partial charge in [0.15, 0.2) is 5.78 Å². The molecule has 0 saturated heterocycles. The quantitative estimate of drug-likeness (QED) is 0.176. The van der Waals surface area contributed by atoms with Crippen LogP contribution >= 0.6 is 0 Å². The third-order valence-corrected chi connectivity index (χ3v) is 8.51. The molecule has 1 aromatic heterocycles. The first-order valence-corrected chi connectivity index (χ1v) is 16.1. The fourth-order valence-corrected chi connectivity index (χ4v) is 6.46. The van der Waals surface area contributed by atoms with Gasteiger partial charge in [0.1, 0.15) is 0 Å². The van der Waals surface area contributed by atoms with Crippen LogP contribution in [-0.2, 0) is 4.79 Å². The first-order valence-electron chi connectivity index (χ1n) is 16.1. The standard InChI is InChI=1S/C42H31N3O.BH2O2/c46-38-26-28-42-40(30-38)39-29-37(44(33-17-9-3-10-18-33)34-19-11-4-12-20-34)25-27-41(39)45(42)36-23-21-35(22-24-36)43(31-13-5-1-6-14-31)32-15-7-2-8-16-32;2-1-3/h1-25,27-30H,26H2;2-3H. The minimum Gasteiger partial charge on any atom is -0.429 e. The predicted molar refractivity (Wildman–Crippen MR) is 201 cm³/mol. The Morgan fingerprint density at radius 1 is 0.531 bits per heavy atom. The van der Waals surface area contributed by atoms with Crippen molar-refractivity contribution in [2.24, 2.45) is 0 Å². The lowest BCUT2D eigenvalue weighted by atomic mass is 10.1. The van der Waals surface area contributed by atoms with E-state index >= 15 is 0 Å². The summed E-state index contributed by atoms with van der Waals surface area (Å²) >= 11 is 0. The monoisotopic (exact) mass is 638 g/mol. The molecule has 1 aliphatic rings. The van der Waals surface area contributed by atoms with Gasteiger partial charge in [0.25, 0.3) is 0 Å². The first-order chi connectivity index (χ1) is 24.2. The number of hydrogen-bond donors (Lipinski definition) is 2. The second kappa shape index (κ2) is 14.3. The summed E-state index contributed by atoms with van der Waals surface area (Å²) in [6, 6.07) is 56.9. The highest BCUT2D eigenvalue weighted by Crippen LogP contribution is 2.37. The molecule has 2 N–H and O–H groups in total. The molecule has 7 aromatic rings. The normalized spacial score (nSPS) is 11.8. The van der Waals surface area contributed by atoms with Crippen molar-refractivity contribution >= 4 is 70.6 Å². The Morgan fingerprint density at radius 2 is 0.939 bits per heavy atom. The topological polar surface area (TPSA) is 68.9 Å². The summed E-state index contributed by atoms with van der Waals surface area (Å²) in [6.45, 7) is 0. The molecule has 0 aliphatic heterocycles. The number of benzene rings is 6. The molecule has 7 heteroatoms. The highest BCUT2D eigenvalue weighted by Gasteiger charge is 2.18. The van der Waals surface area contributed by atoms with E-state index in [1.54, 1.807) is 0 Å². The van der Waals surface area contributed by atoms with E-state index in [0.29, 0.717) is 6.42 Å². The summed E-state index contributed by atoms with van der Waals surface area (Å²) in [5.74, 6) is 0.122. The maximum absolute atomic E-state index is 12.8. The number of nitrogens with zero attached hydrogens (tertiary/aromatic N) is 3. The van der Waals surface area contributed by atoms with E-state index in [4.69, 9.17) is 10.0 Å². The second-order valence-electron chi connectivity index (χ2n) is 11.5. The minimum atomic E-state index is 0. The lowest BCUT2D eigenvalue weighted by Crippen LogP contribution is -2.32. The first kappa shape index (κ1) is 31.5. The predicted octanol–water partition coefficient (Wildman–Crippen LogP) is 7.61. The fourth-order valence-electron chi connectivity index (χ4n) is 6.46. The fraction of sp³-hybridized carbons (Fsp3) is 0.0238. The van der Waals surface area contributed by atoms with Crippen molar-refractivity contribution in [3.63, 3.8) is 0 Å². The molecule has 0 unspecified atom stereocenters. The number of carbonyl (C=O) groups is 1. The molecule has 6 aromatic carbocycles. The smallest absolute Gasteiger partial charge is 0.429 e. The van der Waals surface area contributed by atoms with Crippen molar-refractivity contribution in [1.29, 1.82) is 0 Å². The average molecular weight is 639 g/mol. The molecule has 0 amide bonds. The number of para-hydroxylation sites is 4. The highest BCUT2D eigenvalue weighted by molar-refractivity contribution is 6.13. The minimum absolute atomic E-state index is 0. The average Bonchev–Trinajstić information content (AvgIpc) is 3.47. The van der Waals surface area contributed by atoms with Crippen molar-refractivity contribution in [3.8, 4) is 5.69 Å². The number of rotatable bonds is 7. The van der Waals surface area contributed by atoms with E-state index in [-0.39, 0.29) is 13.5 Å². The van der Waals surface area contributed by atoms with Gasteiger partial charge in [-0.2, -0.15) is 0 Å². The van der Waals surface area contributed by atoms with Gasteiger partial charge in [-0.1, -0.05) is 78.9 Å². The number of carbonyl (C=O) groups excluding carboxylic acids is 1. The Labute approximate surface area is 285 Å². The van der Waals surface area contributed by atoms with Crippen molar-refractivity contribution in [3.05, 3.63) is 174 Å². The van der Waals surface area contributed by atoms with Gasteiger partial charge in [-0.05, 0) is 97.1 Å². The Balaban J connectivity index is 0.00000122. The Morgan fingerprint density at radius 3 is 1.41 bits per heavy atom. The molecule has 0 atom stereocenters. The van der Waals surface area contributed by atoms with Gasteiger partial charge in [-0.25, -0.2) is 0 Å². The van der Waals surface area contributed by atoms with Gasteiger partial charge in [-0.3, -0.25) is 4.79 Å². The van der Waals surface area contributed by atoms with E-state index in [0.717, 1.165) is 61.3 Å². The van der Waals surface area contributed by atoms with Crippen LogP contribution in [0, 0.1) is 0 Å². The van der Waals surface area contributed by atoms with Crippen LogP contribution < -0.4 is 20.4 Å². The summed E-state index contributed by atoms with van der Waals surface area (Å²) in [7, 11) is 0. The maximum atomic E-state index is 12.8. The van der Waals surface area contributed by atoms with Gasteiger partial charge >= 0.3 is 7.69 Å². The summed E-state index contributed by atoms with van der Waals surface area (Å²) in [6.07, 6.45) is 4.27. The number of aromatic nitrogens is 1. The van der Waals surface area contributed by atoms with Gasteiger partial charge in [0, 0.05) is 56.8 Å². The molecule has 237 valence electrons. The number of anilines is 6. The zero-order chi connectivity index (χ0) is 33.6. The molecule has 8 rings (SSSR count). The maximum Gasteiger partial charge on any atom is 0.482 e. The lowest BCUT2D eigenvalue weighted by molar-refractivity contribution is -0.112. The molecule has 1 radical (unpaired) electrons. The van der Waals surface area contributed by atoms with Crippen LogP contribution in [0.1, 0.15) is 6.42 Å². The zero-order valence-electron chi connectivity index (χ0n) is 26.7. The van der Waals surface area contributed by atoms with Crippen molar-refractivity contribution < 1.29 is 14.8 Å². The molecule has 1 aliphatic carbocycles. The van der Waals surface area contributed by atoms with Crippen LogP contribution in [0.25, 0.3) is 28.7 Å². The zero-order valence-corrected chi connectivity index (χ0v) is 26.7. The number of ketones is 1.